The zero-order valence-corrected chi connectivity index (χ0v) is 9.72. The summed E-state index contributed by atoms with van der Waals surface area (Å²) < 4.78 is 4.96. The first-order valence-electron chi connectivity index (χ1n) is 4.50. The lowest BCUT2D eigenvalue weighted by atomic mass is 10.4. The monoisotopic (exact) mass is 230 g/mol. The van der Waals surface area contributed by atoms with Gasteiger partial charge in [-0.1, -0.05) is 0 Å². The molecule has 0 spiro atoms. The topological polar surface area (TPSA) is 71.5 Å². The maximum Gasteiger partial charge on any atom is 0.355 e. The van der Waals surface area contributed by atoms with E-state index in [2.05, 4.69) is 10.3 Å². The van der Waals surface area contributed by atoms with Crippen molar-refractivity contribution in [2.45, 2.75) is 19.9 Å². The third-order valence-corrected chi connectivity index (χ3v) is 2.69. The van der Waals surface area contributed by atoms with Gasteiger partial charge in [-0.2, -0.15) is 0 Å². The smallest absolute Gasteiger partial charge is 0.355 e. The average molecular weight is 230 g/mol. The minimum Gasteiger partial charge on any atom is -0.476 e. The highest BCUT2D eigenvalue weighted by atomic mass is 32.1. The van der Waals surface area contributed by atoms with Gasteiger partial charge in [0.1, 0.15) is 0 Å². The van der Waals surface area contributed by atoms with Crippen molar-refractivity contribution in [1.82, 2.24) is 4.98 Å². The Morgan fingerprint density at radius 2 is 2.40 bits per heavy atom. The Kier molecular flexibility index (Phi) is 4.05. The summed E-state index contributed by atoms with van der Waals surface area (Å²) in [6, 6.07) is 0.113. The van der Waals surface area contributed by atoms with Crippen molar-refractivity contribution in [3.05, 3.63) is 10.6 Å². The molecular formula is C9H14N2O3S. The van der Waals surface area contributed by atoms with E-state index in [1.54, 1.807) is 14.0 Å². The van der Waals surface area contributed by atoms with Crippen LogP contribution in [-0.4, -0.2) is 35.8 Å². The van der Waals surface area contributed by atoms with E-state index in [-0.39, 0.29) is 11.7 Å². The molecule has 0 radical (unpaired) electrons. The number of thiazole rings is 1. The highest BCUT2D eigenvalue weighted by Crippen LogP contribution is 2.22. The first kappa shape index (κ1) is 11.9. The van der Waals surface area contributed by atoms with Gasteiger partial charge in [0, 0.05) is 18.0 Å². The van der Waals surface area contributed by atoms with Crippen LogP contribution in [-0.2, 0) is 4.74 Å². The Morgan fingerprint density at radius 1 is 1.73 bits per heavy atom. The molecule has 0 saturated carbocycles. The number of anilines is 1. The predicted octanol–water partition coefficient (Wildman–Crippen LogP) is 1.60. The second-order valence-electron chi connectivity index (χ2n) is 3.23. The van der Waals surface area contributed by atoms with Crippen molar-refractivity contribution in [2.75, 3.05) is 19.0 Å². The molecule has 1 aromatic rings. The molecule has 2 N–H and O–H groups in total. The van der Waals surface area contributed by atoms with E-state index >= 15 is 0 Å². The molecule has 0 aromatic carbocycles. The summed E-state index contributed by atoms with van der Waals surface area (Å²) in [4.78, 5) is 15.4. The Labute approximate surface area is 92.1 Å². The van der Waals surface area contributed by atoms with Crippen LogP contribution in [0.1, 0.15) is 22.3 Å². The molecule has 0 amide bonds. The lowest BCUT2D eigenvalue weighted by molar-refractivity contribution is 0.0690. The molecule has 15 heavy (non-hydrogen) atoms. The van der Waals surface area contributed by atoms with E-state index in [0.717, 1.165) is 0 Å². The number of ether oxygens (including phenoxy) is 1. The predicted molar refractivity (Wildman–Crippen MR) is 58.8 cm³/mol. The highest BCUT2D eigenvalue weighted by molar-refractivity contribution is 7.15. The number of rotatable bonds is 5. The maximum absolute atomic E-state index is 10.7. The third-order valence-electron chi connectivity index (χ3n) is 1.79. The summed E-state index contributed by atoms with van der Waals surface area (Å²) in [5, 5.41) is 12.5. The van der Waals surface area contributed by atoms with Gasteiger partial charge < -0.3 is 15.2 Å². The zero-order chi connectivity index (χ0) is 11.4. The second-order valence-corrected chi connectivity index (χ2v) is 4.43. The Balaban J connectivity index is 2.71. The van der Waals surface area contributed by atoms with Gasteiger partial charge in [0.2, 0.25) is 0 Å². The Hall–Kier alpha value is -1.14. The van der Waals surface area contributed by atoms with Crippen molar-refractivity contribution in [3.8, 4) is 0 Å². The van der Waals surface area contributed by atoms with Crippen LogP contribution in [0.5, 0.6) is 0 Å². The molecule has 1 aromatic heterocycles. The van der Waals surface area contributed by atoms with Crippen molar-refractivity contribution in [3.63, 3.8) is 0 Å². The lowest BCUT2D eigenvalue weighted by Gasteiger charge is -2.10. The zero-order valence-electron chi connectivity index (χ0n) is 8.90. The standard InChI is InChI=1S/C9H14N2O3S/c1-5(4-14-3)10-9-11-7(8(12)13)6(2)15-9/h5H,4H2,1-3H3,(H,10,11)(H,12,13). The maximum atomic E-state index is 10.7. The quantitative estimate of drug-likeness (QED) is 0.803. The number of hydrogen-bond acceptors (Lipinski definition) is 5. The van der Waals surface area contributed by atoms with E-state index in [4.69, 9.17) is 9.84 Å². The van der Waals surface area contributed by atoms with Gasteiger partial charge in [0.15, 0.2) is 10.8 Å². The number of carboxylic acids is 1. The Morgan fingerprint density at radius 3 is 2.87 bits per heavy atom. The number of aromatic carboxylic acids is 1. The molecule has 0 saturated heterocycles. The van der Waals surface area contributed by atoms with Gasteiger partial charge in [-0.15, -0.1) is 11.3 Å². The number of aryl methyl sites for hydroxylation is 1. The van der Waals surface area contributed by atoms with Crippen LogP contribution >= 0.6 is 11.3 Å². The minimum atomic E-state index is -0.990. The molecule has 0 aliphatic rings. The summed E-state index contributed by atoms with van der Waals surface area (Å²) in [5.41, 5.74) is 0.118. The minimum absolute atomic E-state index is 0.113. The van der Waals surface area contributed by atoms with Gasteiger partial charge in [-0.3, -0.25) is 0 Å². The number of carbonyl (C=O) groups is 1. The molecule has 0 bridgehead atoms. The van der Waals surface area contributed by atoms with Crippen LogP contribution in [0.3, 0.4) is 0 Å². The van der Waals surface area contributed by atoms with Crippen molar-refractivity contribution < 1.29 is 14.6 Å². The van der Waals surface area contributed by atoms with E-state index in [9.17, 15) is 4.79 Å². The average Bonchev–Trinajstić information content (AvgIpc) is 2.47. The van der Waals surface area contributed by atoms with Crippen LogP contribution in [0.15, 0.2) is 0 Å². The molecular weight excluding hydrogens is 216 g/mol. The largest absolute Gasteiger partial charge is 0.476 e. The van der Waals surface area contributed by atoms with Crippen LogP contribution in [0.2, 0.25) is 0 Å². The number of methoxy groups -OCH3 is 1. The van der Waals surface area contributed by atoms with Crippen LogP contribution in [0, 0.1) is 6.92 Å². The van der Waals surface area contributed by atoms with Gasteiger partial charge >= 0.3 is 5.97 Å². The first-order valence-corrected chi connectivity index (χ1v) is 5.32. The third kappa shape index (κ3) is 3.17. The number of nitrogens with one attached hydrogen (secondary N) is 1. The molecule has 6 heteroatoms. The molecule has 0 aliphatic heterocycles. The fraction of sp³-hybridized carbons (Fsp3) is 0.556. The molecule has 0 aliphatic carbocycles. The fourth-order valence-corrected chi connectivity index (χ4v) is 2.08. The first-order chi connectivity index (χ1) is 7.04. The summed E-state index contributed by atoms with van der Waals surface area (Å²) in [7, 11) is 1.62. The molecule has 1 rings (SSSR count). The summed E-state index contributed by atoms with van der Waals surface area (Å²) in [5.74, 6) is -0.990. The van der Waals surface area contributed by atoms with E-state index < -0.39 is 5.97 Å². The van der Waals surface area contributed by atoms with Gasteiger partial charge in [0.05, 0.1) is 6.61 Å². The summed E-state index contributed by atoms with van der Waals surface area (Å²) >= 11 is 1.34. The molecule has 0 fully saturated rings. The van der Waals surface area contributed by atoms with Crippen molar-refractivity contribution in [2.24, 2.45) is 0 Å². The van der Waals surface area contributed by atoms with Crippen LogP contribution < -0.4 is 5.32 Å². The normalized spacial score (nSPS) is 12.5. The number of carboxylic acid groups (broad SMARTS) is 1. The molecule has 84 valence electrons. The van der Waals surface area contributed by atoms with Gasteiger partial charge in [0.25, 0.3) is 0 Å². The van der Waals surface area contributed by atoms with E-state index in [0.29, 0.717) is 16.6 Å². The SMILES string of the molecule is COCC(C)Nc1nc(C(=O)O)c(C)s1. The lowest BCUT2D eigenvalue weighted by Crippen LogP contribution is -2.20. The second kappa shape index (κ2) is 5.09. The van der Waals surface area contributed by atoms with Gasteiger partial charge in [-0.05, 0) is 13.8 Å². The van der Waals surface area contributed by atoms with Crippen LogP contribution in [0.4, 0.5) is 5.13 Å². The summed E-state index contributed by atoms with van der Waals surface area (Å²) in [6.45, 7) is 4.25. The van der Waals surface area contributed by atoms with E-state index in [1.165, 1.54) is 11.3 Å². The highest BCUT2D eigenvalue weighted by Gasteiger charge is 2.14. The van der Waals surface area contributed by atoms with E-state index in [1.807, 2.05) is 6.92 Å². The van der Waals surface area contributed by atoms with Crippen molar-refractivity contribution in [1.29, 1.82) is 0 Å². The Bertz CT molecular complexity index is 351. The van der Waals surface area contributed by atoms with Gasteiger partial charge in [-0.25, -0.2) is 9.78 Å². The molecule has 1 unspecified atom stereocenters. The number of aromatic nitrogens is 1. The molecule has 1 heterocycles. The molecule has 5 nitrogen and oxygen atoms in total. The molecule has 1 atom stereocenters. The summed E-state index contributed by atoms with van der Waals surface area (Å²) in [6.07, 6.45) is 0. The van der Waals surface area contributed by atoms with Crippen LogP contribution in [0.25, 0.3) is 0 Å². The fourth-order valence-electron chi connectivity index (χ4n) is 1.16. The number of hydrogen-bond donors (Lipinski definition) is 2. The number of nitrogens with zero attached hydrogens (tertiary/aromatic N) is 1. The van der Waals surface area contributed by atoms with Crippen molar-refractivity contribution >= 4 is 22.4 Å².